The van der Waals surface area contributed by atoms with Gasteiger partial charge in [0, 0.05) is 5.02 Å². The maximum atomic E-state index is 12.1. The number of amides is 2. The summed E-state index contributed by atoms with van der Waals surface area (Å²) in [5.74, 6) is 0.297. The highest BCUT2D eigenvalue weighted by molar-refractivity contribution is 6.31. The summed E-state index contributed by atoms with van der Waals surface area (Å²) in [7, 11) is 0. The Balaban J connectivity index is 1.63. The Morgan fingerprint density at radius 2 is 2.00 bits per heavy atom. The van der Waals surface area contributed by atoms with Crippen LogP contribution in [0.25, 0.3) is 0 Å². The van der Waals surface area contributed by atoms with Crippen LogP contribution in [0.1, 0.15) is 23.4 Å². The minimum atomic E-state index is -0.412. The van der Waals surface area contributed by atoms with Crippen molar-refractivity contribution in [3.05, 3.63) is 47.4 Å². The van der Waals surface area contributed by atoms with Crippen molar-refractivity contribution in [2.24, 2.45) is 5.92 Å². The Hall–Kier alpha value is -2.31. The summed E-state index contributed by atoms with van der Waals surface area (Å²) in [4.78, 5) is 24.1. The van der Waals surface area contributed by atoms with E-state index >= 15 is 0 Å². The van der Waals surface area contributed by atoms with Crippen molar-refractivity contribution in [1.82, 2.24) is 5.32 Å². The molecule has 2 aromatic rings. The smallest absolute Gasteiger partial charge is 0.291 e. The summed E-state index contributed by atoms with van der Waals surface area (Å²) in [6.07, 6.45) is 3.88. The number of anilines is 2. The van der Waals surface area contributed by atoms with Crippen LogP contribution in [-0.2, 0) is 4.79 Å². The largest absolute Gasteiger partial charge is 0.459 e. The fraction of sp³-hybridized carbons (Fsp3) is 0.294. The molecule has 0 atom stereocenters. The third kappa shape index (κ3) is 4.59. The number of hydrogen-bond donors (Lipinski definition) is 3. The molecular weight excluding hydrogens is 330 g/mol. The predicted molar refractivity (Wildman–Crippen MR) is 92.3 cm³/mol. The molecular formula is C17H18ClN3O3. The lowest BCUT2D eigenvalue weighted by Crippen LogP contribution is -2.29. The van der Waals surface area contributed by atoms with Gasteiger partial charge in [0.05, 0.1) is 24.2 Å². The highest BCUT2D eigenvalue weighted by atomic mass is 35.5. The third-order valence-electron chi connectivity index (χ3n) is 3.66. The maximum Gasteiger partial charge on any atom is 0.291 e. The zero-order chi connectivity index (χ0) is 16.9. The second-order valence-corrected chi connectivity index (χ2v) is 6.18. The number of nitrogens with one attached hydrogen (secondary N) is 3. The lowest BCUT2D eigenvalue weighted by Gasteiger charge is -2.12. The van der Waals surface area contributed by atoms with Crippen LogP contribution in [0.15, 0.2) is 41.0 Å². The molecule has 0 spiro atoms. The SMILES string of the molecule is O=C(CNCC1CC1)Nc1ccc(Cl)cc1NC(=O)c1ccco1. The number of hydrogen-bond acceptors (Lipinski definition) is 4. The van der Waals surface area contributed by atoms with Crippen molar-refractivity contribution in [1.29, 1.82) is 0 Å². The Bertz CT molecular complexity index is 727. The highest BCUT2D eigenvalue weighted by Crippen LogP contribution is 2.28. The fourth-order valence-corrected chi connectivity index (χ4v) is 2.40. The van der Waals surface area contributed by atoms with Crippen LogP contribution in [0, 0.1) is 5.92 Å². The van der Waals surface area contributed by atoms with E-state index in [1.165, 1.54) is 19.1 Å². The molecule has 6 nitrogen and oxygen atoms in total. The van der Waals surface area contributed by atoms with E-state index in [-0.39, 0.29) is 18.2 Å². The van der Waals surface area contributed by atoms with Gasteiger partial charge in [-0.1, -0.05) is 11.6 Å². The van der Waals surface area contributed by atoms with E-state index in [0.29, 0.717) is 22.3 Å². The van der Waals surface area contributed by atoms with E-state index in [1.807, 2.05) is 0 Å². The molecule has 1 aromatic heterocycles. The predicted octanol–water partition coefficient (Wildman–Crippen LogP) is 3.12. The van der Waals surface area contributed by atoms with E-state index in [9.17, 15) is 9.59 Å². The Kier molecular flexibility index (Phi) is 5.17. The molecule has 2 amide bonds. The van der Waals surface area contributed by atoms with Crippen molar-refractivity contribution in [3.63, 3.8) is 0 Å². The minimum Gasteiger partial charge on any atom is -0.459 e. The standard InChI is InChI=1S/C17H18ClN3O3/c18-12-5-6-13(20-16(22)10-19-9-11-3-4-11)14(8-12)21-17(23)15-2-1-7-24-15/h1-2,5-8,11,19H,3-4,9-10H2,(H,20,22)(H,21,23). The summed E-state index contributed by atoms with van der Waals surface area (Å²) >= 11 is 5.99. The monoisotopic (exact) mass is 347 g/mol. The lowest BCUT2D eigenvalue weighted by molar-refractivity contribution is -0.115. The summed E-state index contributed by atoms with van der Waals surface area (Å²) in [6, 6.07) is 8.06. The van der Waals surface area contributed by atoms with Gasteiger partial charge >= 0.3 is 0 Å². The summed E-state index contributed by atoms with van der Waals surface area (Å²) in [5.41, 5.74) is 0.900. The Morgan fingerprint density at radius 3 is 2.71 bits per heavy atom. The third-order valence-corrected chi connectivity index (χ3v) is 3.90. The van der Waals surface area contributed by atoms with Crippen molar-refractivity contribution in [3.8, 4) is 0 Å². The lowest BCUT2D eigenvalue weighted by atomic mass is 10.2. The van der Waals surface area contributed by atoms with Gasteiger partial charge in [-0.15, -0.1) is 0 Å². The molecule has 0 radical (unpaired) electrons. The molecule has 126 valence electrons. The molecule has 7 heteroatoms. The van der Waals surface area contributed by atoms with Gasteiger partial charge in [-0.3, -0.25) is 9.59 Å². The summed E-state index contributed by atoms with van der Waals surface area (Å²) < 4.78 is 5.06. The fourth-order valence-electron chi connectivity index (χ4n) is 2.23. The van der Waals surface area contributed by atoms with Gasteiger partial charge in [0.15, 0.2) is 5.76 Å². The van der Waals surface area contributed by atoms with Gasteiger partial charge in [-0.25, -0.2) is 0 Å². The molecule has 3 rings (SSSR count). The molecule has 0 bridgehead atoms. The maximum absolute atomic E-state index is 12.1. The van der Waals surface area contributed by atoms with Gasteiger partial charge in [-0.05, 0) is 55.6 Å². The zero-order valence-electron chi connectivity index (χ0n) is 13.0. The molecule has 0 saturated heterocycles. The summed E-state index contributed by atoms with van der Waals surface area (Å²) in [6.45, 7) is 1.08. The van der Waals surface area contributed by atoms with Gasteiger partial charge in [0.25, 0.3) is 5.91 Å². The van der Waals surface area contributed by atoms with E-state index in [0.717, 1.165) is 6.54 Å². The molecule has 1 saturated carbocycles. The zero-order valence-corrected chi connectivity index (χ0v) is 13.7. The van der Waals surface area contributed by atoms with Crippen LogP contribution in [-0.4, -0.2) is 24.9 Å². The second-order valence-electron chi connectivity index (χ2n) is 5.74. The average molecular weight is 348 g/mol. The van der Waals surface area contributed by atoms with Crippen molar-refractivity contribution >= 4 is 34.8 Å². The Morgan fingerprint density at radius 1 is 1.17 bits per heavy atom. The number of carbonyl (C=O) groups excluding carboxylic acids is 2. The van der Waals surface area contributed by atoms with Crippen LogP contribution in [0.3, 0.4) is 0 Å². The molecule has 1 heterocycles. The first kappa shape index (κ1) is 16.5. The van der Waals surface area contributed by atoms with Gasteiger partial charge in [-0.2, -0.15) is 0 Å². The van der Waals surface area contributed by atoms with Crippen molar-refractivity contribution in [2.75, 3.05) is 23.7 Å². The molecule has 1 aliphatic carbocycles. The van der Waals surface area contributed by atoms with Crippen LogP contribution in [0.5, 0.6) is 0 Å². The normalized spacial score (nSPS) is 13.5. The van der Waals surface area contributed by atoms with E-state index in [4.69, 9.17) is 16.0 Å². The quantitative estimate of drug-likeness (QED) is 0.718. The number of carbonyl (C=O) groups is 2. The molecule has 1 fully saturated rings. The molecule has 0 unspecified atom stereocenters. The van der Waals surface area contributed by atoms with E-state index in [2.05, 4.69) is 16.0 Å². The molecule has 24 heavy (non-hydrogen) atoms. The highest BCUT2D eigenvalue weighted by Gasteiger charge is 2.20. The van der Waals surface area contributed by atoms with Crippen LogP contribution in [0.2, 0.25) is 5.02 Å². The summed E-state index contributed by atoms with van der Waals surface area (Å²) in [5, 5.41) is 9.04. The van der Waals surface area contributed by atoms with Crippen molar-refractivity contribution < 1.29 is 14.0 Å². The number of rotatable bonds is 7. The number of benzene rings is 1. The average Bonchev–Trinajstić information content (AvgIpc) is 3.20. The minimum absolute atomic E-state index is 0.175. The molecule has 3 N–H and O–H groups in total. The molecule has 1 aromatic carbocycles. The van der Waals surface area contributed by atoms with E-state index in [1.54, 1.807) is 30.3 Å². The van der Waals surface area contributed by atoms with Crippen LogP contribution < -0.4 is 16.0 Å². The van der Waals surface area contributed by atoms with Gasteiger partial charge in [0.2, 0.25) is 5.91 Å². The van der Waals surface area contributed by atoms with Gasteiger partial charge in [0.1, 0.15) is 0 Å². The molecule has 1 aliphatic rings. The topological polar surface area (TPSA) is 83.4 Å². The number of halogens is 1. The van der Waals surface area contributed by atoms with Crippen LogP contribution in [0.4, 0.5) is 11.4 Å². The van der Waals surface area contributed by atoms with Crippen LogP contribution >= 0.6 is 11.6 Å². The first-order valence-electron chi connectivity index (χ1n) is 7.77. The number of furan rings is 1. The van der Waals surface area contributed by atoms with Crippen molar-refractivity contribution in [2.45, 2.75) is 12.8 Å². The molecule has 0 aliphatic heterocycles. The first-order chi connectivity index (χ1) is 11.6. The van der Waals surface area contributed by atoms with Gasteiger partial charge < -0.3 is 20.4 Å². The second kappa shape index (κ2) is 7.51. The Labute approximate surface area is 144 Å². The first-order valence-corrected chi connectivity index (χ1v) is 8.14. The van der Waals surface area contributed by atoms with E-state index < -0.39 is 5.91 Å².